The number of nitrogens with zero attached hydrogens (tertiary/aromatic N) is 3. The Morgan fingerprint density at radius 2 is 2.20 bits per heavy atom. The van der Waals surface area contributed by atoms with Gasteiger partial charge in [0.15, 0.2) is 5.96 Å². The molecule has 0 saturated carbocycles. The fourth-order valence-electron chi connectivity index (χ4n) is 0.808. The van der Waals surface area contributed by atoms with Crippen molar-refractivity contribution in [2.45, 2.75) is 6.54 Å². The summed E-state index contributed by atoms with van der Waals surface area (Å²) in [6, 6.07) is 2.00. The smallest absolute Gasteiger partial charge is 0.218 e. The molecule has 82 valence electrons. The molecule has 0 saturated heterocycles. The summed E-state index contributed by atoms with van der Waals surface area (Å²) < 4.78 is 0. The number of hydrogen-bond acceptors (Lipinski definition) is 2. The molecule has 15 heavy (non-hydrogen) atoms. The highest BCUT2D eigenvalue weighted by atomic mass is 32.1. The van der Waals surface area contributed by atoms with Gasteiger partial charge in [0.2, 0.25) is 5.96 Å². The van der Waals surface area contributed by atoms with Gasteiger partial charge in [-0.25, -0.2) is 4.99 Å². The average molecular weight is 225 g/mol. The molecule has 0 unspecified atom stereocenters. The molecule has 0 atom stereocenters. The first-order valence-corrected chi connectivity index (χ1v) is 5.36. The Morgan fingerprint density at radius 3 is 2.73 bits per heavy atom. The van der Waals surface area contributed by atoms with Crippen LogP contribution in [0.2, 0.25) is 0 Å². The summed E-state index contributed by atoms with van der Waals surface area (Å²) in [6.07, 6.45) is 0. The van der Waals surface area contributed by atoms with E-state index in [1.165, 1.54) is 0 Å². The molecule has 0 fully saturated rings. The molecule has 0 aliphatic heterocycles. The molecule has 0 spiro atoms. The van der Waals surface area contributed by atoms with Gasteiger partial charge in [-0.3, -0.25) is 0 Å². The molecule has 1 heterocycles. The summed E-state index contributed by atoms with van der Waals surface area (Å²) in [4.78, 5) is 9.70. The zero-order chi connectivity index (χ0) is 11.3. The first-order chi connectivity index (χ1) is 7.09. The highest BCUT2D eigenvalue weighted by molar-refractivity contribution is 7.07. The molecular formula is C9H15N5S. The van der Waals surface area contributed by atoms with Gasteiger partial charge in [0.1, 0.15) is 0 Å². The lowest BCUT2D eigenvalue weighted by Crippen LogP contribution is -2.32. The third-order valence-corrected chi connectivity index (χ3v) is 2.42. The monoisotopic (exact) mass is 225 g/mol. The van der Waals surface area contributed by atoms with Gasteiger partial charge in [-0.2, -0.15) is 16.3 Å². The van der Waals surface area contributed by atoms with Crippen molar-refractivity contribution < 1.29 is 0 Å². The molecule has 0 aliphatic rings. The van der Waals surface area contributed by atoms with E-state index < -0.39 is 0 Å². The Kier molecular flexibility index (Phi) is 4.11. The highest BCUT2D eigenvalue weighted by Crippen LogP contribution is 2.06. The Morgan fingerprint density at radius 1 is 1.47 bits per heavy atom. The van der Waals surface area contributed by atoms with Crippen molar-refractivity contribution in [2.24, 2.45) is 21.5 Å². The van der Waals surface area contributed by atoms with Crippen LogP contribution in [0.4, 0.5) is 0 Å². The van der Waals surface area contributed by atoms with Crippen molar-refractivity contribution in [3.05, 3.63) is 22.4 Å². The number of hydrogen-bond donors (Lipinski definition) is 2. The Hall–Kier alpha value is -1.56. The summed E-state index contributed by atoms with van der Waals surface area (Å²) in [6.45, 7) is 0.541. The molecule has 0 aromatic carbocycles. The van der Waals surface area contributed by atoms with Gasteiger partial charge in [-0.15, -0.1) is 0 Å². The van der Waals surface area contributed by atoms with E-state index in [0.717, 1.165) is 5.56 Å². The molecule has 4 N–H and O–H groups in total. The van der Waals surface area contributed by atoms with Crippen LogP contribution in [0.25, 0.3) is 0 Å². The number of thiophene rings is 1. The summed E-state index contributed by atoms with van der Waals surface area (Å²) >= 11 is 1.63. The fraction of sp³-hybridized carbons (Fsp3) is 0.333. The van der Waals surface area contributed by atoms with E-state index in [1.807, 2.05) is 16.8 Å². The second-order valence-corrected chi connectivity index (χ2v) is 3.95. The van der Waals surface area contributed by atoms with Gasteiger partial charge in [0.25, 0.3) is 0 Å². The van der Waals surface area contributed by atoms with Crippen LogP contribution in [-0.2, 0) is 6.54 Å². The third kappa shape index (κ3) is 3.99. The second-order valence-electron chi connectivity index (χ2n) is 3.17. The van der Waals surface area contributed by atoms with E-state index in [9.17, 15) is 0 Å². The van der Waals surface area contributed by atoms with Gasteiger partial charge in [-0.05, 0) is 22.4 Å². The molecule has 0 aliphatic carbocycles. The van der Waals surface area contributed by atoms with Gasteiger partial charge in [0.05, 0.1) is 6.54 Å². The Balaban J connectivity index is 2.57. The summed E-state index contributed by atoms with van der Waals surface area (Å²) in [7, 11) is 3.59. The SMILES string of the molecule is CN(C)/C(N)=N/C(N)=NCc1ccsc1. The maximum absolute atomic E-state index is 5.59. The first kappa shape index (κ1) is 11.5. The fourth-order valence-corrected chi connectivity index (χ4v) is 1.47. The lowest BCUT2D eigenvalue weighted by Gasteiger charge is -2.09. The maximum atomic E-state index is 5.59. The van der Waals surface area contributed by atoms with Crippen LogP contribution in [0.1, 0.15) is 5.56 Å². The van der Waals surface area contributed by atoms with Gasteiger partial charge in [0, 0.05) is 14.1 Å². The van der Waals surface area contributed by atoms with Gasteiger partial charge >= 0.3 is 0 Å². The van der Waals surface area contributed by atoms with E-state index in [0.29, 0.717) is 12.5 Å². The zero-order valence-electron chi connectivity index (χ0n) is 8.84. The topological polar surface area (TPSA) is 80.0 Å². The molecule has 0 amide bonds. The Labute approximate surface area is 93.1 Å². The summed E-state index contributed by atoms with van der Waals surface area (Å²) in [5.74, 6) is 0.550. The lowest BCUT2D eigenvalue weighted by atomic mass is 10.3. The minimum Gasteiger partial charge on any atom is -0.369 e. The maximum Gasteiger partial charge on any atom is 0.218 e. The van der Waals surface area contributed by atoms with E-state index in [2.05, 4.69) is 9.98 Å². The lowest BCUT2D eigenvalue weighted by molar-refractivity contribution is 0.615. The van der Waals surface area contributed by atoms with E-state index in [4.69, 9.17) is 11.5 Å². The van der Waals surface area contributed by atoms with Crippen LogP contribution in [0.3, 0.4) is 0 Å². The number of guanidine groups is 2. The largest absolute Gasteiger partial charge is 0.369 e. The number of aliphatic imine (C=N–C) groups is 2. The normalized spacial score (nSPS) is 12.9. The van der Waals surface area contributed by atoms with Crippen molar-refractivity contribution in [3.63, 3.8) is 0 Å². The standard InChI is InChI=1S/C9H15N5S/c1-14(2)9(11)13-8(10)12-5-7-3-4-15-6-7/h3-4,6H,5H2,1-2H3,(H4,10,11,12,13). The van der Waals surface area contributed by atoms with Crippen molar-refractivity contribution in [1.29, 1.82) is 0 Å². The molecule has 1 aromatic rings. The summed E-state index contributed by atoms with van der Waals surface area (Å²) in [5, 5.41) is 4.02. The van der Waals surface area contributed by atoms with Crippen LogP contribution < -0.4 is 11.5 Å². The Bertz CT molecular complexity index is 353. The van der Waals surface area contributed by atoms with Crippen molar-refractivity contribution in [1.82, 2.24) is 4.90 Å². The van der Waals surface area contributed by atoms with Crippen LogP contribution >= 0.6 is 11.3 Å². The molecule has 0 bridgehead atoms. The quantitative estimate of drug-likeness (QED) is 0.566. The minimum absolute atomic E-state index is 0.201. The van der Waals surface area contributed by atoms with Crippen LogP contribution in [0.5, 0.6) is 0 Å². The van der Waals surface area contributed by atoms with Gasteiger partial charge in [-0.1, -0.05) is 0 Å². The zero-order valence-corrected chi connectivity index (χ0v) is 9.66. The molecule has 1 aromatic heterocycles. The number of rotatable bonds is 2. The first-order valence-electron chi connectivity index (χ1n) is 4.42. The summed E-state index contributed by atoms with van der Waals surface area (Å²) in [5.41, 5.74) is 12.3. The van der Waals surface area contributed by atoms with Crippen molar-refractivity contribution >= 4 is 23.3 Å². The highest BCUT2D eigenvalue weighted by Gasteiger charge is 1.96. The van der Waals surface area contributed by atoms with E-state index in [-0.39, 0.29) is 5.96 Å². The van der Waals surface area contributed by atoms with Crippen molar-refractivity contribution in [2.75, 3.05) is 14.1 Å². The third-order valence-electron chi connectivity index (χ3n) is 1.69. The van der Waals surface area contributed by atoms with Crippen LogP contribution in [0, 0.1) is 0 Å². The molecule has 1 rings (SSSR count). The number of nitrogens with two attached hydrogens (primary N) is 2. The predicted molar refractivity (Wildman–Crippen MR) is 65.0 cm³/mol. The van der Waals surface area contributed by atoms with Crippen molar-refractivity contribution in [3.8, 4) is 0 Å². The molecule has 5 nitrogen and oxygen atoms in total. The van der Waals surface area contributed by atoms with E-state index >= 15 is 0 Å². The van der Waals surface area contributed by atoms with Crippen LogP contribution in [-0.4, -0.2) is 30.9 Å². The van der Waals surface area contributed by atoms with Gasteiger partial charge < -0.3 is 16.4 Å². The molecule has 0 radical (unpaired) electrons. The van der Waals surface area contributed by atoms with E-state index in [1.54, 1.807) is 30.3 Å². The molecular weight excluding hydrogens is 210 g/mol. The predicted octanol–water partition coefficient (Wildman–Crippen LogP) is 0.439. The second kappa shape index (κ2) is 5.35. The van der Waals surface area contributed by atoms with Crippen LogP contribution in [0.15, 0.2) is 26.8 Å². The minimum atomic E-state index is 0.201. The average Bonchev–Trinajstić information content (AvgIpc) is 2.66. The molecule has 6 heteroatoms.